The first kappa shape index (κ1) is 16.9. The molecule has 0 aliphatic heterocycles. The third-order valence-electron chi connectivity index (χ3n) is 3.79. The van der Waals surface area contributed by atoms with Crippen molar-refractivity contribution < 1.29 is 0 Å². The van der Waals surface area contributed by atoms with E-state index in [4.69, 9.17) is 0 Å². The Kier molecular flexibility index (Phi) is 6.09. The van der Waals surface area contributed by atoms with E-state index in [2.05, 4.69) is 64.2 Å². The Morgan fingerprint density at radius 2 is 1.96 bits per heavy atom. The Bertz CT molecular complexity index is 702. The lowest BCUT2D eigenvalue weighted by molar-refractivity contribution is 0.394. The number of pyridine rings is 1. The molecule has 0 bridgehead atoms. The number of hydrogen-bond acceptors (Lipinski definition) is 5. The van der Waals surface area contributed by atoms with Crippen molar-refractivity contribution in [2.45, 2.75) is 27.2 Å². The van der Waals surface area contributed by atoms with E-state index in [9.17, 15) is 0 Å². The van der Waals surface area contributed by atoms with Gasteiger partial charge in [-0.05, 0) is 32.9 Å². The molecule has 0 radical (unpaired) electrons. The van der Waals surface area contributed by atoms with Crippen LogP contribution in [0.4, 0.5) is 5.82 Å². The number of nitrogens with zero attached hydrogens (tertiary/aromatic N) is 4. The molecule has 2 rings (SSSR count). The zero-order chi connectivity index (χ0) is 16.7. The first-order chi connectivity index (χ1) is 11.2. The van der Waals surface area contributed by atoms with E-state index in [1.165, 1.54) is 5.70 Å². The molecule has 0 atom stereocenters. The van der Waals surface area contributed by atoms with Crippen molar-refractivity contribution in [1.82, 2.24) is 19.9 Å². The summed E-state index contributed by atoms with van der Waals surface area (Å²) in [7, 11) is 1.86. The van der Waals surface area contributed by atoms with Crippen LogP contribution in [-0.4, -0.2) is 40.0 Å². The van der Waals surface area contributed by atoms with Gasteiger partial charge < -0.3 is 10.2 Å². The number of rotatable bonds is 7. The molecule has 0 fully saturated rings. The zero-order valence-corrected chi connectivity index (χ0v) is 14.4. The second kappa shape index (κ2) is 8.27. The van der Waals surface area contributed by atoms with Gasteiger partial charge >= 0.3 is 0 Å². The van der Waals surface area contributed by atoms with E-state index in [1.807, 2.05) is 13.1 Å². The third kappa shape index (κ3) is 4.06. The molecule has 0 aromatic carbocycles. The molecule has 1 N–H and O–H groups in total. The first-order valence-corrected chi connectivity index (χ1v) is 8.09. The Morgan fingerprint density at radius 3 is 2.61 bits per heavy atom. The minimum absolute atomic E-state index is 0.764. The number of fused-ring (bicyclic) bond motifs is 1. The van der Waals surface area contributed by atoms with Gasteiger partial charge in [-0.3, -0.25) is 4.98 Å². The molecule has 0 unspecified atom stereocenters. The number of allylic oxidation sites excluding steroid dienone is 3. The van der Waals surface area contributed by atoms with Crippen LogP contribution >= 0.6 is 0 Å². The van der Waals surface area contributed by atoms with Crippen LogP contribution in [0.1, 0.15) is 26.5 Å². The third-order valence-corrected chi connectivity index (χ3v) is 3.79. The van der Waals surface area contributed by atoms with E-state index >= 15 is 0 Å². The lowest BCUT2D eigenvalue weighted by atomic mass is 10.2. The Labute approximate surface area is 138 Å². The van der Waals surface area contributed by atoms with Gasteiger partial charge in [-0.15, -0.1) is 0 Å². The highest BCUT2D eigenvalue weighted by molar-refractivity contribution is 5.85. The van der Waals surface area contributed by atoms with Gasteiger partial charge in [0.05, 0.1) is 5.52 Å². The van der Waals surface area contributed by atoms with Gasteiger partial charge in [0.1, 0.15) is 5.52 Å². The molecule has 2 aromatic heterocycles. The average molecular weight is 311 g/mol. The maximum Gasteiger partial charge on any atom is 0.154 e. The summed E-state index contributed by atoms with van der Waals surface area (Å²) >= 11 is 0. The van der Waals surface area contributed by atoms with E-state index < -0.39 is 0 Å². The van der Waals surface area contributed by atoms with Gasteiger partial charge in [-0.1, -0.05) is 12.2 Å². The predicted octanol–water partition coefficient (Wildman–Crippen LogP) is 3.41. The Morgan fingerprint density at radius 1 is 1.22 bits per heavy atom. The van der Waals surface area contributed by atoms with Gasteiger partial charge in [0.25, 0.3) is 0 Å². The molecule has 0 saturated heterocycles. The van der Waals surface area contributed by atoms with Crippen molar-refractivity contribution in [1.29, 1.82) is 0 Å². The zero-order valence-electron chi connectivity index (χ0n) is 14.4. The number of anilines is 1. The summed E-state index contributed by atoms with van der Waals surface area (Å²) < 4.78 is 0. The molecule has 0 aliphatic carbocycles. The summed E-state index contributed by atoms with van der Waals surface area (Å²) in [5, 5.41) is 3.10. The highest BCUT2D eigenvalue weighted by Gasteiger charge is 2.06. The molecule has 2 heterocycles. The molecular formula is C18H25N5. The smallest absolute Gasteiger partial charge is 0.154 e. The quantitative estimate of drug-likeness (QED) is 0.794. The van der Waals surface area contributed by atoms with Crippen LogP contribution < -0.4 is 5.32 Å². The normalized spacial score (nSPS) is 12.1. The van der Waals surface area contributed by atoms with Gasteiger partial charge in [0.2, 0.25) is 0 Å². The van der Waals surface area contributed by atoms with E-state index in [-0.39, 0.29) is 0 Å². The van der Waals surface area contributed by atoms with Crippen LogP contribution in [0.2, 0.25) is 0 Å². The molecule has 122 valence electrons. The monoisotopic (exact) mass is 311 g/mol. The summed E-state index contributed by atoms with van der Waals surface area (Å²) in [4.78, 5) is 15.7. The van der Waals surface area contributed by atoms with Gasteiger partial charge in [-0.2, -0.15) is 0 Å². The average Bonchev–Trinajstić information content (AvgIpc) is 2.60. The van der Waals surface area contributed by atoms with Gasteiger partial charge in [-0.25, -0.2) is 9.97 Å². The predicted molar refractivity (Wildman–Crippen MR) is 96.4 cm³/mol. The fraction of sp³-hybridized carbons (Fsp3) is 0.389. The summed E-state index contributed by atoms with van der Waals surface area (Å²) in [5.74, 6) is 0.772. The van der Waals surface area contributed by atoms with Crippen LogP contribution in [-0.2, 0) is 6.42 Å². The largest absolute Gasteiger partial charge is 0.372 e. The van der Waals surface area contributed by atoms with Crippen molar-refractivity contribution in [2.24, 2.45) is 0 Å². The molecule has 0 amide bonds. The molecule has 2 aromatic rings. The fourth-order valence-electron chi connectivity index (χ4n) is 2.58. The molecular weight excluding hydrogens is 286 g/mol. The minimum Gasteiger partial charge on any atom is -0.372 e. The van der Waals surface area contributed by atoms with Crippen LogP contribution in [0.25, 0.3) is 11.0 Å². The maximum absolute atomic E-state index is 4.63. The van der Waals surface area contributed by atoms with Crippen molar-refractivity contribution in [2.75, 3.05) is 25.5 Å². The van der Waals surface area contributed by atoms with Crippen LogP contribution in [0.3, 0.4) is 0 Å². The van der Waals surface area contributed by atoms with Crippen LogP contribution in [0.15, 0.2) is 42.4 Å². The van der Waals surface area contributed by atoms with E-state index in [0.29, 0.717) is 0 Å². The van der Waals surface area contributed by atoms with Crippen molar-refractivity contribution in [3.05, 3.63) is 48.1 Å². The lowest BCUT2D eigenvalue weighted by Gasteiger charge is -2.21. The van der Waals surface area contributed by atoms with E-state index in [0.717, 1.165) is 42.1 Å². The second-order valence-electron chi connectivity index (χ2n) is 5.13. The number of hydrogen-bond donors (Lipinski definition) is 1. The van der Waals surface area contributed by atoms with Crippen LogP contribution in [0, 0.1) is 0 Å². The van der Waals surface area contributed by atoms with Crippen molar-refractivity contribution >= 4 is 16.9 Å². The molecule has 0 spiro atoms. The Hall–Kier alpha value is -2.43. The number of likely N-dealkylation sites (N-methyl/N-ethyl adjacent to an activating group) is 1. The number of nitrogens with one attached hydrogen (secondary N) is 1. The first-order valence-electron chi connectivity index (χ1n) is 8.09. The van der Waals surface area contributed by atoms with Gasteiger partial charge in [0, 0.05) is 50.3 Å². The summed E-state index contributed by atoms with van der Waals surface area (Å²) in [5.41, 5.74) is 3.89. The molecule has 5 nitrogen and oxygen atoms in total. The summed E-state index contributed by atoms with van der Waals surface area (Å²) in [6, 6.07) is 2.00. The maximum atomic E-state index is 4.63. The highest BCUT2D eigenvalue weighted by atomic mass is 15.1. The summed E-state index contributed by atoms with van der Waals surface area (Å²) in [6.07, 6.45) is 10.6. The van der Waals surface area contributed by atoms with Gasteiger partial charge in [0.15, 0.2) is 5.82 Å². The molecule has 0 aliphatic rings. The second-order valence-corrected chi connectivity index (χ2v) is 5.13. The highest BCUT2D eigenvalue weighted by Crippen LogP contribution is 2.18. The van der Waals surface area contributed by atoms with Crippen molar-refractivity contribution in [3.8, 4) is 0 Å². The number of aromatic nitrogens is 3. The van der Waals surface area contributed by atoms with E-state index in [1.54, 1.807) is 12.4 Å². The minimum atomic E-state index is 0.764. The Balaban J connectivity index is 2.20. The van der Waals surface area contributed by atoms with Crippen molar-refractivity contribution in [3.63, 3.8) is 0 Å². The topological polar surface area (TPSA) is 53.9 Å². The van der Waals surface area contributed by atoms with Crippen LogP contribution in [0.5, 0.6) is 0 Å². The SMILES string of the molecule is C/C=C(\C=C/Cc1cc2nccnc2c(NC)n1)N(CC)CC. The molecule has 0 saturated carbocycles. The molecule has 23 heavy (non-hydrogen) atoms. The lowest BCUT2D eigenvalue weighted by Crippen LogP contribution is -2.20. The standard InChI is InChI=1S/C18H25N5/c1-5-15(23(6-2)7-3)10-8-9-14-13-16-17(18(19-4)22-14)21-12-11-20-16/h5,8,10-13H,6-7,9H2,1-4H3,(H,19,22)/b10-8-,15-5+. The fourth-order valence-corrected chi connectivity index (χ4v) is 2.58. The summed E-state index contributed by atoms with van der Waals surface area (Å²) in [6.45, 7) is 8.43. The molecule has 5 heteroatoms.